The smallest absolute Gasteiger partial charge is 0.213 e. The number of hydrogen-bond acceptors (Lipinski definition) is 6. The van der Waals surface area contributed by atoms with E-state index in [0.29, 0.717) is 24.9 Å². The molecule has 2 N–H and O–H groups in total. The number of nitrogens with one attached hydrogen (secondary N) is 2. The average molecular weight is 567 g/mol. The number of methoxy groups -OCH3 is 1. The van der Waals surface area contributed by atoms with Gasteiger partial charge in [0.25, 0.3) is 0 Å². The van der Waals surface area contributed by atoms with Gasteiger partial charge in [-0.25, -0.2) is 9.98 Å². The first-order valence-electron chi connectivity index (χ1n) is 10.7. The molecule has 1 aromatic carbocycles. The van der Waals surface area contributed by atoms with Gasteiger partial charge in [-0.3, -0.25) is 0 Å². The summed E-state index contributed by atoms with van der Waals surface area (Å²) < 4.78 is 13.0. The second-order valence-corrected chi connectivity index (χ2v) is 8.63. The lowest BCUT2D eigenvalue weighted by Gasteiger charge is -2.14. The fourth-order valence-electron chi connectivity index (χ4n) is 2.93. The van der Waals surface area contributed by atoms with Crippen LogP contribution in [-0.4, -0.2) is 39.4 Å². The minimum absolute atomic E-state index is 0. The largest absolute Gasteiger partial charge is 0.497 e. The van der Waals surface area contributed by atoms with Crippen LogP contribution in [0.25, 0.3) is 0 Å². The Kier molecular flexibility index (Phi) is 9.69. The summed E-state index contributed by atoms with van der Waals surface area (Å²) in [7, 11) is 3.60. The summed E-state index contributed by atoms with van der Waals surface area (Å²) in [5.41, 5.74) is 1.13. The molecule has 0 atom stereocenters. The van der Waals surface area contributed by atoms with Gasteiger partial charge in [0.2, 0.25) is 5.89 Å². The summed E-state index contributed by atoms with van der Waals surface area (Å²) >= 11 is 0. The number of guanidine groups is 1. The predicted molar refractivity (Wildman–Crippen MR) is 139 cm³/mol. The third-order valence-corrected chi connectivity index (χ3v) is 5.13. The van der Waals surface area contributed by atoms with Crippen LogP contribution in [0.15, 0.2) is 39.9 Å². The Bertz CT molecular complexity index is 1040. The first-order valence-corrected chi connectivity index (χ1v) is 10.7. The molecule has 10 heteroatoms. The van der Waals surface area contributed by atoms with Crippen molar-refractivity contribution in [3.63, 3.8) is 0 Å². The number of rotatable bonds is 8. The van der Waals surface area contributed by atoms with E-state index in [1.807, 2.05) is 30.7 Å². The van der Waals surface area contributed by atoms with Gasteiger partial charge in [0.1, 0.15) is 23.9 Å². The van der Waals surface area contributed by atoms with Crippen LogP contribution in [0, 0.1) is 6.92 Å². The minimum atomic E-state index is -0.0815. The molecule has 3 aromatic rings. The van der Waals surface area contributed by atoms with Gasteiger partial charge in [-0.15, -0.1) is 34.2 Å². The maximum absolute atomic E-state index is 5.88. The lowest BCUT2D eigenvalue weighted by molar-refractivity contribution is 0.379. The maximum Gasteiger partial charge on any atom is 0.213 e. The normalized spacial score (nSPS) is 11.8. The molecule has 0 fully saturated rings. The van der Waals surface area contributed by atoms with Crippen molar-refractivity contribution in [2.75, 3.05) is 13.7 Å². The van der Waals surface area contributed by atoms with Crippen LogP contribution in [0.1, 0.15) is 49.6 Å². The van der Waals surface area contributed by atoms with Crippen LogP contribution in [0.5, 0.6) is 5.75 Å². The van der Waals surface area contributed by atoms with Crippen molar-refractivity contribution in [2.24, 2.45) is 12.0 Å². The summed E-state index contributed by atoms with van der Waals surface area (Å²) in [6.45, 7) is 9.77. The van der Waals surface area contributed by atoms with E-state index in [0.717, 1.165) is 36.1 Å². The van der Waals surface area contributed by atoms with Gasteiger partial charge in [0, 0.05) is 19.0 Å². The van der Waals surface area contributed by atoms with Gasteiger partial charge in [-0.1, -0.05) is 32.9 Å². The van der Waals surface area contributed by atoms with E-state index in [9.17, 15) is 0 Å². The van der Waals surface area contributed by atoms with Gasteiger partial charge >= 0.3 is 0 Å². The topological polar surface area (TPSA) is 102 Å². The van der Waals surface area contributed by atoms with E-state index in [1.54, 1.807) is 13.3 Å². The Labute approximate surface area is 212 Å². The summed E-state index contributed by atoms with van der Waals surface area (Å²) in [5.74, 6) is 4.64. The van der Waals surface area contributed by atoms with Crippen molar-refractivity contribution in [3.8, 4) is 5.75 Å². The molecule has 33 heavy (non-hydrogen) atoms. The fourth-order valence-corrected chi connectivity index (χ4v) is 2.93. The van der Waals surface area contributed by atoms with Crippen LogP contribution in [0.3, 0.4) is 0 Å². The SMILES string of the molecule is COc1ccc(CCNC(=NCc2nnc(C)n2C)NCc2ncc(C(C)(C)C)o2)cc1.I. The van der Waals surface area contributed by atoms with Crippen LogP contribution < -0.4 is 15.4 Å². The number of halogens is 1. The molecule has 0 aliphatic rings. The van der Waals surface area contributed by atoms with Crippen LogP contribution >= 0.6 is 24.0 Å². The molecule has 0 spiro atoms. The number of hydrogen-bond donors (Lipinski definition) is 2. The van der Waals surface area contributed by atoms with Crippen molar-refractivity contribution in [1.82, 2.24) is 30.4 Å². The molecule has 0 saturated carbocycles. The summed E-state index contributed by atoms with van der Waals surface area (Å²) in [6, 6.07) is 8.06. The van der Waals surface area contributed by atoms with E-state index in [2.05, 4.69) is 63.7 Å². The van der Waals surface area contributed by atoms with Crippen LogP contribution in [0.2, 0.25) is 0 Å². The third-order valence-electron chi connectivity index (χ3n) is 5.13. The zero-order valence-corrected chi connectivity index (χ0v) is 22.5. The second-order valence-electron chi connectivity index (χ2n) is 8.63. The number of aryl methyl sites for hydroxylation is 1. The molecule has 3 rings (SSSR count). The average Bonchev–Trinajstić information content (AvgIpc) is 3.38. The highest BCUT2D eigenvalue weighted by atomic mass is 127. The maximum atomic E-state index is 5.88. The zero-order chi connectivity index (χ0) is 23.1. The quantitative estimate of drug-likeness (QED) is 0.244. The zero-order valence-electron chi connectivity index (χ0n) is 20.2. The molecule has 9 nitrogen and oxygen atoms in total. The predicted octanol–water partition coefficient (Wildman–Crippen LogP) is 3.51. The molecule has 0 saturated heterocycles. The highest BCUT2D eigenvalue weighted by Gasteiger charge is 2.19. The van der Waals surface area contributed by atoms with Gasteiger partial charge in [-0.2, -0.15) is 0 Å². The highest BCUT2D eigenvalue weighted by Crippen LogP contribution is 2.22. The molecule has 0 aliphatic carbocycles. The number of aliphatic imine (C=N–C) groups is 1. The number of oxazole rings is 1. The number of aromatic nitrogens is 4. The number of benzene rings is 1. The molecule has 0 radical (unpaired) electrons. The standard InChI is InChI=1S/C23H33N7O2.HI/c1-16-28-29-20(30(16)5)14-26-22(24-12-11-17-7-9-18(31-6)10-8-17)27-15-21-25-13-19(32-21)23(2,3)4;/h7-10,13H,11-12,14-15H2,1-6H3,(H2,24,26,27);1H. The summed E-state index contributed by atoms with van der Waals surface area (Å²) in [5, 5.41) is 15.0. The van der Waals surface area contributed by atoms with Gasteiger partial charge in [0.15, 0.2) is 11.8 Å². The Hall–Kier alpha value is -2.63. The van der Waals surface area contributed by atoms with Gasteiger partial charge in [-0.05, 0) is 31.0 Å². The molecule has 0 aliphatic heterocycles. The monoisotopic (exact) mass is 567 g/mol. The van der Waals surface area contributed by atoms with Crippen molar-refractivity contribution in [3.05, 3.63) is 59.3 Å². The van der Waals surface area contributed by atoms with Crippen molar-refractivity contribution < 1.29 is 9.15 Å². The first kappa shape index (κ1) is 26.6. The highest BCUT2D eigenvalue weighted by molar-refractivity contribution is 14.0. The van der Waals surface area contributed by atoms with Crippen molar-refractivity contribution in [1.29, 1.82) is 0 Å². The first-order chi connectivity index (χ1) is 15.3. The lowest BCUT2D eigenvalue weighted by atomic mass is 9.94. The summed E-state index contributed by atoms with van der Waals surface area (Å²) in [4.78, 5) is 9.06. The molecular weight excluding hydrogens is 533 g/mol. The molecular formula is C23H34IN7O2. The molecule has 0 amide bonds. The Morgan fingerprint density at radius 3 is 2.45 bits per heavy atom. The Morgan fingerprint density at radius 2 is 1.88 bits per heavy atom. The lowest BCUT2D eigenvalue weighted by Crippen LogP contribution is -2.38. The van der Waals surface area contributed by atoms with Crippen LogP contribution in [-0.2, 0) is 32.0 Å². The van der Waals surface area contributed by atoms with E-state index < -0.39 is 0 Å². The van der Waals surface area contributed by atoms with E-state index >= 15 is 0 Å². The van der Waals surface area contributed by atoms with E-state index in [4.69, 9.17) is 9.15 Å². The van der Waals surface area contributed by atoms with Gasteiger partial charge in [0.05, 0.1) is 19.9 Å². The molecule has 0 bridgehead atoms. The van der Waals surface area contributed by atoms with Crippen LogP contribution in [0.4, 0.5) is 0 Å². The van der Waals surface area contributed by atoms with E-state index in [1.165, 1.54) is 5.56 Å². The Morgan fingerprint density at radius 1 is 1.15 bits per heavy atom. The van der Waals surface area contributed by atoms with Gasteiger partial charge < -0.3 is 24.4 Å². The Balaban J connectivity index is 0.00000385. The van der Waals surface area contributed by atoms with Crippen molar-refractivity contribution >= 4 is 29.9 Å². The third kappa shape index (κ3) is 7.72. The van der Waals surface area contributed by atoms with Crippen molar-refractivity contribution in [2.45, 2.75) is 52.6 Å². The fraction of sp³-hybridized carbons (Fsp3) is 0.478. The number of ether oxygens (including phenoxy) is 1. The molecule has 0 unspecified atom stereocenters. The molecule has 2 aromatic heterocycles. The second kappa shape index (κ2) is 12.0. The van der Waals surface area contributed by atoms with E-state index in [-0.39, 0.29) is 29.4 Å². The molecule has 2 heterocycles. The number of nitrogens with zero attached hydrogens (tertiary/aromatic N) is 5. The summed E-state index contributed by atoms with van der Waals surface area (Å²) in [6.07, 6.45) is 2.63. The molecule has 180 valence electrons. The minimum Gasteiger partial charge on any atom is -0.497 e.